The van der Waals surface area contributed by atoms with Crippen LogP contribution in [0.25, 0.3) is 0 Å². The van der Waals surface area contributed by atoms with E-state index in [0.29, 0.717) is 34.5 Å². The molecule has 52 heavy (non-hydrogen) atoms. The summed E-state index contributed by atoms with van der Waals surface area (Å²) < 4.78 is 0. The molecule has 3 aromatic carbocycles. The third-order valence-corrected chi connectivity index (χ3v) is 7.90. The van der Waals surface area contributed by atoms with Crippen LogP contribution in [0.3, 0.4) is 0 Å². The Bertz CT molecular complexity index is 1750. The van der Waals surface area contributed by atoms with Gasteiger partial charge in [-0.3, -0.25) is 19.7 Å². The van der Waals surface area contributed by atoms with E-state index in [2.05, 4.69) is 21.3 Å². The second kappa shape index (κ2) is 18.4. The molecule has 0 bridgehead atoms. The van der Waals surface area contributed by atoms with E-state index >= 15 is 0 Å². The first kappa shape index (κ1) is 40.5. The summed E-state index contributed by atoms with van der Waals surface area (Å²) in [6.07, 6.45) is 1.06. The maximum atomic E-state index is 13.8. The van der Waals surface area contributed by atoms with Crippen LogP contribution in [-0.2, 0) is 32.0 Å². The second-order valence-electron chi connectivity index (χ2n) is 14.2. The number of anilines is 2. The van der Waals surface area contributed by atoms with E-state index in [9.17, 15) is 44.6 Å². The van der Waals surface area contributed by atoms with E-state index in [4.69, 9.17) is 0 Å². The monoisotopic (exact) mass is 717 g/mol. The number of aliphatic carboxylic acids is 2. The van der Waals surface area contributed by atoms with Gasteiger partial charge in [-0.05, 0) is 70.8 Å². The van der Waals surface area contributed by atoms with Crippen molar-refractivity contribution in [2.45, 2.75) is 78.3 Å². The highest BCUT2D eigenvalue weighted by Crippen LogP contribution is 2.27. The van der Waals surface area contributed by atoms with Crippen molar-refractivity contribution in [3.63, 3.8) is 0 Å². The summed E-state index contributed by atoms with van der Waals surface area (Å²) in [5.41, 5.74) is 2.26. The van der Waals surface area contributed by atoms with Gasteiger partial charge in [0.15, 0.2) is 5.82 Å². The number of nitro groups is 1. The SMILES string of the molecule is CC(C)CC(C(=O)NC(Cc1ccccc1CC(NC(=O)CC(C)(C)C)C(=O)O)C(=O)O)c1ccc(N/C(=C\[N+](=O)[O-])Nc2ccc(O)cc2)cc1. The van der Waals surface area contributed by atoms with E-state index in [0.717, 1.165) is 6.20 Å². The van der Waals surface area contributed by atoms with Gasteiger partial charge in [0.1, 0.15) is 17.8 Å². The topological polar surface area (TPSA) is 220 Å². The molecule has 0 heterocycles. The lowest BCUT2D eigenvalue weighted by molar-refractivity contribution is -0.403. The van der Waals surface area contributed by atoms with Gasteiger partial charge in [0.2, 0.25) is 11.8 Å². The van der Waals surface area contributed by atoms with Gasteiger partial charge in [-0.15, -0.1) is 0 Å². The second-order valence-corrected chi connectivity index (χ2v) is 14.2. The number of carboxylic acids is 2. The van der Waals surface area contributed by atoms with Crippen LogP contribution < -0.4 is 21.3 Å². The molecule has 14 nitrogen and oxygen atoms in total. The molecule has 0 saturated heterocycles. The number of rotatable bonds is 18. The highest BCUT2D eigenvalue weighted by Gasteiger charge is 2.29. The zero-order valence-corrected chi connectivity index (χ0v) is 29.9. The average Bonchev–Trinajstić information content (AvgIpc) is 3.04. The van der Waals surface area contributed by atoms with Crippen molar-refractivity contribution < 1.29 is 39.4 Å². The number of benzene rings is 3. The standard InChI is InChI=1S/C38H47N5O9/c1-23(2)18-30(24-10-12-27(13-11-24)39-33(22-43(51)52)40-28-14-16-29(44)17-15-28)35(46)42-32(37(49)50)20-26-9-7-6-8-25(26)19-31(36(47)48)41-34(45)21-38(3,4)5/h6-17,22-23,30-32,39-40,44H,18-21H2,1-5H3,(H,41,45)(H,42,46)(H,47,48)(H,49,50)/b33-22+. The lowest BCUT2D eigenvalue weighted by Gasteiger charge is -2.24. The summed E-state index contributed by atoms with van der Waals surface area (Å²) in [4.78, 5) is 61.5. The molecule has 2 amide bonds. The Balaban J connectivity index is 1.79. The van der Waals surface area contributed by atoms with Gasteiger partial charge in [0, 0.05) is 30.6 Å². The summed E-state index contributed by atoms with van der Waals surface area (Å²) in [5, 5.41) is 51.9. The molecule has 0 aromatic heterocycles. The van der Waals surface area contributed by atoms with E-state index in [-0.39, 0.29) is 42.2 Å². The predicted molar refractivity (Wildman–Crippen MR) is 196 cm³/mol. The summed E-state index contributed by atoms with van der Waals surface area (Å²) >= 11 is 0. The van der Waals surface area contributed by atoms with Crippen LogP contribution in [0.4, 0.5) is 11.4 Å². The molecule has 3 aromatic rings. The Hall–Kier alpha value is -5.92. The van der Waals surface area contributed by atoms with Crippen molar-refractivity contribution in [1.29, 1.82) is 0 Å². The van der Waals surface area contributed by atoms with Gasteiger partial charge in [0.05, 0.1) is 10.8 Å². The Morgan fingerprint density at radius 3 is 1.71 bits per heavy atom. The zero-order chi connectivity index (χ0) is 38.6. The van der Waals surface area contributed by atoms with Crippen LogP contribution >= 0.6 is 0 Å². The van der Waals surface area contributed by atoms with Crippen molar-refractivity contribution in [2.75, 3.05) is 10.6 Å². The van der Waals surface area contributed by atoms with Crippen LogP contribution in [0.1, 0.15) is 70.1 Å². The minimum Gasteiger partial charge on any atom is -0.508 e. The molecule has 3 unspecified atom stereocenters. The number of hydrogen-bond donors (Lipinski definition) is 7. The fraction of sp³-hybridized carbons (Fsp3) is 0.368. The molecule has 0 saturated carbocycles. The number of hydrogen-bond acceptors (Lipinski definition) is 9. The maximum absolute atomic E-state index is 13.8. The van der Waals surface area contributed by atoms with Gasteiger partial charge in [-0.1, -0.05) is 71.0 Å². The molecule has 0 aliphatic carbocycles. The quantitative estimate of drug-likeness (QED) is 0.0496. The van der Waals surface area contributed by atoms with Gasteiger partial charge in [0.25, 0.3) is 6.20 Å². The molecule has 14 heteroatoms. The molecule has 0 aliphatic heterocycles. The summed E-state index contributed by atoms with van der Waals surface area (Å²) in [5.74, 6) is -4.01. The third kappa shape index (κ3) is 13.4. The number of carbonyl (C=O) groups is 4. The van der Waals surface area contributed by atoms with Crippen molar-refractivity contribution in [2.24, 2.45) is 11.3 Å². The first-order chi connectivity index (χ1) is 24.4. The van der Waals surface area contributed by atoms with Gasteiger partial charge < -0.3 is 36.6 Å². The minimum atomic E-state index is -1.34. The summed E-state index contributed by atoms with van der Waals surface area (Å²) in [7, 11) is 0. The van der Waals surface area contributed by atoms with Crippen LogP contribution in [-0.4, -0.2) is 56.1 Å². The summed E-state index contributed by atoms with van der Waals surface area (Å²) in [6, 6.07) is 16.8. The van der Waals surface area contributed by atoms with Crippen LogP contribution in [0, 0.1) is 21.4 Å². The number of amides is 2. The molecule has 7 N–H and O–H groups in total. The average molecular weight is 718 g/mol. The Kier molecular flexibility index (Phi) is 14.3. The highest BCUT2D eigenvalue weighted by atomic mass is 16.6. The highest BCUT2D eigenvalue weighted by molar-refractivity contribution is 5.88. The lowest BCUT2D eigenvalue weighted by Crippen LogP contribution is -2.45. The summed E-state index contributed by atoms with van der Waals surface area (Å²) in [6.45, 7) is 9.47. The number of carboxylic acid groups (broad SMARTS) is 2. The number of phenols is 1. The number of aromatic hydroxyl groups is 1. The fourth-order valence-corrected chi connectivity index (χ4v) is 5.52. The van der Waals surface area contributed by atoms with Crippen LogP contribution in [0.5, 0.6) is 5.75 Å². The Labute approximate surface area is 302 Å². The molecule has 278 valence electrons. The van der Waals surface area contributed by atoms with Crippen LogP contribution in [0.2, 0.25) is 0 Å². The van der Waals surface area contributed by atoms with E-state index in [1.807, 2.05) is 34.6 Å². The molecular weight excluding hydrogens is 670 g/mol. The molecule has 3 rings (SSSR count). The molecule has 3 atom stereocenters. The lowest BCUT2D eigenvalue weighted by atomic mass is 9.88. The third-order valence-electron chi connectivity index (χ3n) is 7.90. The molecule has 0 aliphatic rings. The Morgan fingerprint density at radius 2 is 1.27 bits per heavy atom. The molecule has 0 spiro atoms. The smallest absolute Gasteiger partial charge is 0.326 e. The van der Waals surface area contributed by atoms with Gasteiger partial charge >= 0.3 is 11.9 Å². The zero-order valence-electron chi connectivity index (χ0n) is 29.9. The van der Waals surface area contributed by atoms with Crippen molar-refractivity contribution in [3.8, 4) is 5.75 Å². The largest absolute Gasteiger partial charge is 0.508 e. The fourth-order valence-electron chi connectivity index (χ4n) is 5.52. The van der Waals surface area contributed by atoms with Crippen molar-refractivity contribution in [3.05, 3.63) is 112 Å². The minimum absolute atomic E-state index is 0.0380. The van der Waals surface area contributed by atoms with E-state index in [1.54, 1.807) is 60.7 Å². The number of carbonyl (C=O) groups excluding carboxylic acids is 2. The van der Waals surface area contributed by atoms with E-state index in [1.165, 1.54) is 12.1 Å². The van der Waals surface area contributed by atoms with E-state index < -0.39 is 46.7 Å². The number of nitrogens with one attached hydrogen (secondary N) is 4. The van der Waals surface area contributed by atoms with Crippen molar-refractivity contribution in [1.82, 2.24) is 10.6 Å². The molecule has 0 fully saturated rings. The first-order valence-electron chi connectivity index (χ1n) is 16.8. The first-order valence-corrected chi connectivity index (χ1v) is 16.8. The molecular formula is C38H47N5O9. The van der Waals surface area contributed by atoms with Crippen molar-refractivity contribution >= 4 is 35.1 Å². The maximum Gasteiger partial charge on any atom is 0.326 e. The Morgan fingerprint density at radius 1 is 0.788 bits per heavy atom. The van der Waals surface area contributed by atoms with Gasteiger partial charge in [-0.2, -0.15) is 0 Å². The normalized spacial score (nSPS) is 13.4. The number of phenolic OH excluding ortho intramolecular Hbond substituents is 1. The van der Waals surface area contributed by atoms with Crippen LogP contribution in [0.15, 0.2) is 84.8 Å². The van der Waals surface area contributed by atoms with Gasteiger partial charge in [-0.25, -0.2) is 9.59 Å². The molecule has 0 radical (unpaired) electrons. The number of nitrogens with zero attached hydrogens (tertiary/aromatic N) is 1. The predicted octanol–water partition coefficient (Wildman–Crippen LogP) is 5.48.